The molecule has 0 saturated carbocycles. The molecule has 1 aliphatic rings. The molecule has 2 atom stereocenters. The SMILES string of the molecule is CC(C)CC(CN)C(=O)N1CCCC1C(=O)N(C)C. The van der Waals surface area contributed by atoms with E-state index in [4.69, 9.17) is 5.73 Å². The molecule has 0 aromatic rings. The van der Waals surface area contributed by atoms with E-state index in [1.165, 1.54) is 0 Å². The van der Waals surface area contributed by atoms with Gasteiger partial charge < -0.3 is 15.5 Å². The van der Waals surface area contributed by atoms with E-state index in [1.807, 2.05) is 0 Å². The van der Waals surface area contributed by atoms with E-state index < -0.39 is 0 Å². The number of hydrogen-bond donors (Lipinski definition) is 1. The van der Waals surface area contributed by atoms with Crippen LogP contribution >= 0.6 is 0 Å². The van der Waals surface area contributed by atoms with Crippen molar-refractivity contribution in [3.05, 3.63) is 0 Å². The van der Waals surface area contributed by atoms with Crippen molar-refractivity contribution in [2.24, 2.45) is 17.6 Å². The van der Waals surface area contributed by atoms with Gasteiger partial charge in [0.2, 0.25) is 11.8 Å². The summed E-state index contributed by atoms with van der Waals surface area (Å²) in [7, 11) is 3.47. The molecular weight excluding hydrogens is 242 g/mol. The van der Waals surface area contributed by atoms with Gasteiger partial charge in [-0.2, -0.15) is 0 Å². The van der Waals surface area contributed by atoms with Gasteiger partial charge in [-0.25, -0.2) is 0 Å². The van der Waals surface area contributed by atoms with E-state index in [0.717, 1.165) is 19.3 Å². The minimum absolute atomic E-state index is 0.0196. The Bertz CT molecular complexity index is 329. The summed E-state index contributed by atoms with van der Waals surface area (Å²) in [5, 5.41) is 0. The first-order valence-corrected chi connectivity index (χ1v) is 7.10. The first-order valence-electron chi connectivity index (χ1n) is 7.10. The van der Waals surface area contributed by atoms with Crippen LogP contribution in [0.15, 0.2) is 0 Å². The molecule has 1 saturated heterocycles. The largest absolute Gasteiger partial charge is 0.347 e. The fourth-order valence-electron chi connectivity index (χ4n) is 2.69. The lowest BCUT2D eigenvalue weighted by Crippen LogP contribution is -2.48. The molecule has 1 aliphatic heterocycles. The third-order valence-corrected chi connectivity index (χ3v) is 3.65. The summed E-state index contributed by atoms with van der Waals surface area (Å²) in [6.07, 6.45) is 2.45. The Morgan fingerprint density at radius 2 is 2.00 bits per heavy atom. The molecule has 1 fully saturated rings. The molecule has 0 spiro atoms. The maximum Gasteiger partial charge on any atom is 0.244 e. The van der Waals surface area contributed by atoms with Crippen LogP contribution in [0.25, 0.3) is 0 Å². The number of amides is 2. The molecule has 19 heavy (non-hydrogen) atoms. The van der Waals surface area contributed by atoms with Gasteiger partial charge in [-0.3, -0.25) is 9.59 Å². The average molecular weight is 269 g/mol. The van der Waals surface area contributed by atoms with Gasteiger partial charge >= 0.3 is 0 Å². The van der Waals surface area contributed by atoms with E-state index in [9.17, 15) is 9.59 Å². The van der Waals surface area contributed by atoms with Crippen molar-refractivity contribution in [3.63, 3.8) is 0 Å². The first kappa shape index (κ1) is 16.0. The highest BCUT2D eigenvalue weighted by molar-refractivity contribution is 5.89. The zero-order valence-electron chi connectivity index (χ0n) is 12.6. The molecule has 0 aromatic carbocycles. The molecule has 1 rings (SSSR count). The monoisotopic (exact) mass is 269 g/mol. The zero-order chi connectivity index (χ0) is 14.6. The standard InChI is InChI=1S/C14H27N3O2/c1-10(2)8-11(9-15)13(18)17-7-5-6-12(17)14(19)16(3)4/h10-12H,5-9,15H2,1-4H3. The van der Waals surface area contributed by atoms with Crippen LogP contribution in [-0.4, -0.2) is 54.8 Å². The number of hydrogen-bond acceptors (Lipinski definition) is 3. The van der Waals surface area contributed by atoms with Gasteiger partial charge in [0.05, 0.1) is 5.92 Å². The lowest BCUT2D eigenvalue weighted by molar-refractivity contribution is -0.144. The van der Waals surface area contributed by atoms with E-state index in [2.05, 4.69) is 13.8 Å². The summed E-state index contributed by atoms with van der Waals surface area (Å²) in [6, 6.07) is -0.288. The lowest BCUT2D eigenvalue weighted by Gasteiger charge is -2.29. The molecule has 0 bridgehead atoms. The Balaban J connectivity index is 2.76. The zero-order valence-corrected chi connectivity index (χ0v) is 12.6. The molecule has 5 heteroatoms. The smallest absolute Gasteiger partial charge is 0.244 e. The maximum atomic E-state index is 12.5. The molecule has 110 valence electrons. The summed E-state index contributed by atoms with van der Waals surface area (Å²) in [4.78, 5) is 27.9. The van der Waals surface area contributed by atoms with Gasteiger partial charge in [-0.1, -0.05) is 13.8 Å². The van der Waals surface area contributed by atoms with Crippen LogP contribution < -0.4 is 5.73 Å². The van der Waals surface area contributed by atoms with Gasteiger partial charge in [-0.05, 0) is 25.2 Å². The van der Waals surface area contributed by atoms with E-state index in [1.54, 1.807) is 23.9 Å². The Kier molecular flexibility index (Phi) is 5.79. The lowest BCUT2D eigenvalue weighted by atomic mass is 9.95. The predicted octanol–water partition coefficient (Wildman–Crippen LogP) is 0.687. The molecule has 1 heterocycles. The fourth-order valence-corrected chi connectivity index (χ4v) is 2.69. The Hall–Kier alpha value is -1.10. The number of carbonyl (C=O) groups excluding carboxylic acids is 2. The quantitative estimate of drug-likeness (QED) is 0.798. The molecule has 2 N–H and O–H groups in total. The molecule has 0 aliphatic carbocycles. The molecule has 0 radical (unpaired) electrons. The first-order chi connectivity index (χ1) is 8.88. The predicted molar refractivity (Wildman–Crippen MR) is 75.4 cm³/mol. The van der Waals surface area contributed by atoms with Crippen LogP contribution in [0.3, 0.4) is 0 Å². The third-order valence-electron chi connectivity index (χ3n) is 3.65. The number of carbonyl (C=O) groups is 2. The van der Waals surface area contributed by atoms with Crippen molar-refractivity contribution in [1.29, 1.82) is 0 Å². The van der Waals surface area contributed by atoms with E-state index >= 15 is 0 Å². The van der Waals surface area contributed by atoms with Gasteiger partial charge in [0.1, 0.15) is 6.04 Å². The van der Waals surface area contributed by atoms with Crippen LogP contribution in [0, 0.1) is 11.8 Å². The second-order valence-corrected chi connectivity index (χ2v) is 5.98. The average Bonchev–Trinajstić information content (AvgIpc) is 2.82. The van der Waals surface area contributed by atoms with Crippen molar-refractivity contribution >= 4 is 11.8 Å². The van der Waals surface area contributed by atoms with E-state index in [0.29, 0.717) is 19.0 Å². The van der Waals surface area contributed by atoms with Crippen LogP contribution in [0.1, 0.15) is 33.1 Å². The minimum Gasteiger partial charge on any atom is -0.347 e. The summed E-state index contributed by atoms with van der Waals surface area (Å²) >= 11 is 0. The molecule has 2 unspecified atom stereocenters. The fraction of sp³-hybridized carbons (Fsp3) is 0.857. The van der Waals surface area contributed by atoms with E-state index in [-0.39, 0.29) is 23.8 Å². The van der Waals surface area contributed by atoms with Crippen LogP contribution in [0.5, 0.6) is 0 Å². The number of nitrogens with zero attached hydrogens (tertiary/aromatic N) is 2. The molecule has 5 nitrogen and oxygen atoms in total. The van der Waals surface area contributed by atoms with Crippen LogP contribution in [0.2, 0.25) is 0 Å². The second kappa shape index (κ2) is 6.89. The topological polar surface area (TPSA) is 66.6 Å². The number of likely N-dealkylation sites (N-methyl/N-ethyl adjacent to an activating group) is 1. The highest BCUT2D eigenvalue weighted by Gasteiger charge is 2.37. The van der Waals surface area contributed by atoms with Crippen molar-refractivity contribution in [1.82, 2.24) is 9.80 Å². The molecular formula is C14H27N3O2. The summed E-state index contributed by atoms with van der Waals surface area (Å²) in [5.74, 6) is 0.346. The second-order valence-electron chi connectivity index (χ2n) is 5.98. The van der Waals surface area contributed by atoms with Gasteiger partial charge in [-0.15, -0.1) is 0 Å². The molecule has 2 amide bonds. The minimum atomic E-state index is -0.288. The highest BCUT2D eigenvalue weighted by atomic mass is 16.2. The Morgan fingerprint density at radius 3 is 2.47 bits per heavy atom. The van der Waals surface area contributed by atoms with Crippen LogP contribution in [-0.2, 0) is 9.59 Å². The number of rotatable bonds is 5. The van der Waals surface area contributed by atoms with Crippen molar-refractivity contribution in [2.75, 3.05) is 27.2 Å². The van der Waals surface area contributed by atoms with Crippen molar-refractivity contribution in [3.8, 4) is 0 Å². The van der Waals surface area contributed by atoms with Gasteiger partial charge in [0.15, 0.2) is 0 Å². The van der Waals surface area contributed by atoms with Crippen LogP contribution in [0.4, 0.5) is 0 Å². The Labute approximate surface area is 116 Å². The number of nitrogens with two attached hydrogens (primary N) is 1. The van der Waals surface area contributed by atoms with Crippen molar-refractivity contribution in [2.45, 2.75) is 39.2 Å². The van der Waals surface area contributed by atoms with Crippen molar-refractivity contribution < 1.29 is 9.59 Å². The van der Waals surface area contributed by atoms with Gasteiger partial charge in [0.25, 0.3) is 0 Å². The van der Waals surface area contributed by atoms with Gasteiger partial charge in [0, 0.05) is 27.2 Å². The highest BCUT2D eigenvalue weighted by Crippen LogP contribution is 2.23. The maximum absolute atomic E-state index is 12.5. The molecule has 0 aromatic heterocycles. The Morgan fingerprint density at radius 1 is 1.37 bits per heavy atom. The summed E-state index contributed by atoms with van der Waals surface area (Å²) in [5.41, 5.74) is 5.73. The summed E-state index contributed by atoms with van der Waals surface area (Å²) < 4.78 is 0. The third kappa shape index (κ3) is 3.93. The summed E-state index contributed by atoms with van der Waals surface area (Å²) in [6.45, 7) is 5.21. The number of likely N-dealkylation sites (tertiary alicyclic amines) is 1. The normalized spacial score (nSPS) is 20.7.